The number of anilines is 1. The molecule has 2 N–H and O–H groups in total. The summed E-state index contributed by atoms with van der Waals surface area (Å²) in [6, 6.07) is 5.99. The summed E-state index contributed by atoms with van der Waals surface area (Å²) in [5.74, 6) is -0.0198. The van der Waals surface area contributed by atoms with Crippen LogP contribution < -0.4 is 5.32 Å². The van der Waals surface area contributed by atoms with Crippen LogP contribution in [0.25, 0.3) is 0 Å². The highest BCUT2D eigenvalue weighted by Gasteiger charge is 2.30. The van der Waals surface area contributed by atoms with Gasteiger partial charge in [0.2, 0.25) is 10.0 Å². The van der Waals surface area contributed by atoms with Crippen LogP contribution in [0.1, 0.15) is 46.8 Å². The van der Waals surface area contributed by atoms with Gasteiger partial charge in [0.05, 0.1) is 15.5 Å². The van der Waals surface area contributed by atoms with Gasteiger partial charge in [-0.05, 0) is 66.8 Å². The van der Waals surface area contributed by atoms with Gasteiger partial charge in [0.15, 0.2) is 0 Å². The van der Waals surface area contributed by atoms with E-state index >= 15 is 0 Å². The van der Waals surface area contributed by atoms with Crippen molar-refractivity contribution in [2.45, 2.75) is 36.5 Å². The molecule has 0 unspecified atom stereocenters. The Morgan fingerprint density at radius 3 is 2.62 bits per heavy atom. The van der Waals surface area contributed by atoms with Crippen LogP contribution in [0, 0.1) is 0 Å². The molecule has 0 bridgehead atoms. The lowest BCUT2D eigenvalue weighted by atomic mass is 10.1. The number of aromatic hydroxyl groups is 1. The van der Waals surface area contributed by atoms with Crippen LogP contribution >= 0.6 is 11.3 Å². The van der Waals surface area contributed by atoms with Gasteiger partial charge >= 0.3 is 0 Å². The maximum atomic E-state index is 12.7. The SMILES string of the molecule is O=C(Nc1cc(S(=O)(=O)N2CCCC2)ccc1O)c1sccc1C1CC1. The minimum atomic E-state index is -3.61. The van der Waals surface area contributed by atoms with Crippen molar-refractivity contribution in [1.29, 1.82) is 0 Å². The third-order valence-electron chi connectivity index (χ3n) is 4.84. The highest BCUT2D eigenvalue weighted by molar-refractivity contribution is 7.89. The van der Waals surface area contributed by atoms with Gasteiger partial charge in [-0.15, -0.1) is 11.3 Å². The van der Waals surface area contributed by atoms with Crippen molar-refractivity contribution in [3.05, 3.63) is 40.1 Å². The van der Waals surface area contributed by atoms with Gasteiger partial charge in [-0.3, -0.25) is 4.79 Å². The number of amides is 1. The van der Waals surface area contributed by atoms with Crippen molar-refractivity contribution in [2.24, 2.45) is 0 Å². The molecule has 6 nitrogen and oxygen atoms in total. The summed E-state index contributed by atoms with van der Waals surface area (Å²) < 4.78 is 26.8. The Hall–Kier alpha value is -1.90. The van der Waals surface area contributed by atoms with Gasteiger partial charge in [-0.1, -0.05) is 0 Å². The summed E-state index contributed by atoms with van der Waals surface area (Å²) in [5.41, 5.74) is 1.15. The van der Waals surface area contributed by atoms with E-state index in [-0.39, 0.29) is 22.2 Å². The molecule has 2 heterocycles. The van der Waals surface area contributed by atoms with E-state index in [2.05, 4.69) is 5.32 Å². The number of nitrogens with one attached hydrogen (secondary N) is 1. The van der Waals surface area contributed by atoms with Crippen molar-refractivity contribution in [3.8, 4) is 5.75 Å². The maximum absolute atomic E-state index is 12.7. The van der Waals surface area contributed by atoms with Gasteiger partial charge < -0.3 is 10.4 Å². The van der Waals surface area contributed by atoms with Crippen molar-refractivity contribution >= 4 is 33.0 Å². The van der Waals surface area contributed by atoms with Crippen molar-refractivity contribution < 1.29 is 18.3 Å². The monoisotopic (exact) mass is 392 g/mol. The Morgan fingerprint density at radius 1 is 1.19 bits per heavy atom. The predicted octanol–water partition coefficient (Wildman–Crippen LogP) is 3.37. The number of rotatable bonds is 5. The summed E-state index contributed by atoms with van der Waals surface area (Å²) in [6.45, 7) is 1.01. The topological polar surface area (TPSA) is 86.7 Å². The van der Waals surface area contributed by atoms with E-state index in [0.717, 1.165) is 31.2 Å². The molecule has 4 rings (SSSR count). The first-order valence-corrected chi connectivity index (χ1v) is 11.0. The van der Waals surface area contributed by atoms with E-state index in [1.54, 1.807) is 0 Å². The van der Waals surface area contributed by atoms with Gasteiger partial charge in [0.25, 0.3) is 5.91 Å². The van der Waals surface area contributed by atoms with Crippen LogP contribution in [0.3, 0.4) is 0 Å². The first-order valence-electron chi connectivity index (χ1n) is 8.69. The van der Waals surface area contributed by atoms with Crippen LogP contribution in [-0.4, -0.2) is 36.8 Å². The Balaban J connectivity index is 1.60. The van der Waals surface area contributed by atoms with E-state index in [0.29, 0.717) is 23.9 Å². The highest BCUT2D eigenvalue weighted by atomic mass is 32.2. The Kier molecular flexibility index (Phi) is 4.50. The summed E-state index contributed by atoms with van der Waals surface area (Å²) in [5, 5.41) is 14.6. The third-order valence-corrected chi connectivity index (χ3v) is 7.66. The zero-order valence-corrected chi connectivity index (χ0v) is 15.8. The number of phenols is 1. The highest BCUT2D eigenvalue weighted by Crippen LogP contribution is 2.43. The lowest BCUT2D eigenvalue weighted by molar-refractivity contribution is 0.102. The summed E-state index contributed by atoms with van der Waals surface area (Å²) in [7, 11) is -3.61. The molecule has 1 saturated heterocycles. The molecule has 1 aromatic carbocycles. The Bertz CT molecular complexity index is 942. The fourth-order valence-electron chi connectivity index (χ4n) is 3.25. The molecule has 138 valence electrons. The average Bonchev–Trinajstić information content (AvgIpc) is 3.12. The first kappa shape index (κ1) is 17.5. The number of hydrogen-bond donors (Lipinski definition) is 2. The number of carbonyl (C=O) groups is 1. The lowest BCUT2D eigenvalue weighted by Gasteiger charge is -2.16. The quantitative estimate of drug-likeness (QED) is 0.764. The minimum Gasteiger partial charge on any atom is -0.506 e. The number of carbonyl (C=O) groups excluding carboxylic acids is 1. The van der Waals surface area contributed by atoms with Crippen LogP contribution in [0.4, 0.5) is 5.69 Å². The molecule has 1 aliphatic carbocycles. The van der Waals surface area contributed by atoms with Crippen LogP contribution in [0.15, 0.2) is 34.5 Å². The maximum Gasteiger partial charge on any atom is 0.266 e. The second-order valence-electron chi connectivity index (χ2n) is 6.72. The molecule has 0 spiro atoms. The van der Waals surface area contributed by atoms with Gasteiger partial charge in [-0.25, -0.2) is 8.42 Å². The molecular weight excluding hydrogens is 372 g/mol. The molecule has 1 aromatic heterocycles. The third kappa shape index (κ3) is 3.24. The molecule has 2 aromatic rings. The summed E-state index contributed by atoms with van der Waals surface area (Å²) in [6.07, 6.45) is 3.88. The van der Waals surface area contributed by atoms with E-state index in [9.17, 15) is 18.3 Å². The zero-order valence-electron chi connectivity index (χ0n) is 14.1. The minimum absolute atomic E-state index is 0.0843. The van der Waals surface area contributed by atoms with E-state index < -0.39 is 10.0 Å². The summed E-state index contributed by atoms with van der Waals surface area (Å²) in [4.78, 5) is 13.3. The Labute approximate surface area is 156 Å². The molecule has 1 aliphatic heterocycles. The van der Waals surface area contributed by atoms with Crippen molar-refractivity contribution in [1.82, 2.24) is 4.31 Å². The number of benzene rings is 1. The fraction of sp³-hybridized carbons (Fsp3) is 0.389. The number of nitrogens with zero attached hydrogens (tertiary/aromatic N) is 1. The van der Waals surface area contributed by atoms with E-state index in [4.69, 9.17) is 0 Å². The Morgan fingerprint density at radius 2 is 1.92 bits per heavy atom. The second-order valence-corrected chi connectivity index (χ2v) is 9.58. The van der Waals surface area contributed by atoms with E-state index in [1.165, 1.54) is 33.8 Å². The van der Waals surface area contributed by atoms with Crippen molar-refractivity contribution in [3.63, 3.8) is 0 Å². The number of sulfonamides is 1. The second kappa shape index (κ2) is 6.68. The first-order chi connectivity index (χ1) is 12.5. The lowest BCUT2D eigenvalue weighted by Crippen LogP contribution is -2.28. The normalized spacial score (nSPS) is 18.2. The molecule has 1 amide bonds. The number of phenolic OH excluding ortho intramolecular Hbond substituents is 1. The molecule has 1 saturated carbocycles. The average molecular weight is 393 g/mol. The smallest absolute Gasteiger partial charge is 0.266 e. The van der Waals surface area contributed by atoms with E-state index in [1.807, 2.05) is 11.4 Å². The molecule has 26 heavy (non-hydrogen) atoms. The predicted molar refractivity (Wildman–Crippen MR) is 100 cm³/mol. The van der Waals surface area contributed by atoms with Gasteiger partial charge in [-0.2, -0.15) is 4.31 Å². The molecule has 0 radical (unpaired) electrons. The number of hydrogen-bond acceptors (Lipinski definition) is 5. The zero-order chi connectivity index (χ0) is 18.3. The molecule has 2 aliphatic rings. The fourth-order valence-corrected chi connectivity index (χ4v) is 5.68. The largest absolute Gasteiger partial charge is 0.506 e. The molecule has 8 heteroatoms. The summed E-state index contributed by atoms with van der Waals surface area (Å²) >= 11 is 1.36. The van der Waals surface area contributed by atoms with Crippen LogP contribution in [0.2, 0.25) is 0 Å². The van der Waals surface area contributed by atoms with Gasteiger partial charge in [0.1, 0.15) is 5.75 Å². The van der Waals surface area contributed by atoms with Gasteiger partial charge in [0, 0.05) is 13.1 Å². The molecular formula is C18H20N2O4S2. The number of thiophene rings is 1. The standard InChI is InChI=1S/C18H20N2O4S2/c21-16-6-5-13(26(23,24)20-8-1-2-9-20)11-15(16)19-18(22)17-14(7-10-25-17)12-3-4-12/h5-7,10-12,21H,1-4,8-9H2,(H,19,22). The molecule has 2 fully saturated rings. The van der Waals surface area contributed by atoms with Crippen LogP contribution in [-0.2, 0) is 10.0 Å². The van der Waals surface area contributed by atoms with Crippen LogP contribution in [0.5, 0.6) is 5.75 Å². The molecule has 0 atom stereocenters. The van der Waals surface area contributed by atoms with Crippen molar-refractivity contribution in [2.75, 3.05) is 18.4 Å².